The van der Waals surface area contributed by atoms with Gasteiger partial charge < -0.3 is 10.2 Å². The summed E-state index contributed by atoms with van der Waals surface area (Å²) in [6.07, 6.45) is 4.26. The zero-order chi connectivity index (χ0) is 9.76. The van der Waals surface area contributed by atoms with Crippen LogP contribution in [0.15, 0.2) is 18.2 Å². The maximum absolute atomic E-state index is 10.4. The van der Waals surface area contributed by atoms with Gasteiger partial charge in [-0.1, -0.05) is 18.9 Å². The third-order valence-electron chi connectivity index (χ3n) is 3.75. The molecule has 0 unspecified atom stereocenters. The van der Waals surface area contributed by atoms with E-state index in [1.165, 1.54) is 6.42 Å². The quantitative estimate of drug-likeness (QED) is 0.658. The highest BCUT2D eigenvalue weighted by molar-refractivity contribution is 5.51. The van der Waals surface area contributed by atoms with E-state index >= 15 is 0 Å². The Kier molecular flexibility index (Phi) is 1.49. The molecule has 2 heteroatoms. The summed E-state index contributed by atoms with van der Waals surface area (Å²) in [5.74, 6) is 0.592. The number of aromatic hydroxyl groups is 1. The summed E-state index contributed by atoms with van der Waals surface area (Å²) in [6.45, 7) is 0. The maximum Gasteiger partial charge on any atom is 0.115 e. The molecule has 0 saturated heterocycles. The second-order valence-electron chi connectivity index (χ2n) is 4.49. The summed E-state index contributed by atoms with van der Waals surface area (Å²) in [6, 6.07) is 5.34. The van der Waals surface area contributed by atoms with E-state index in [0.29, 0.717) is 5.75 Å². The average Bonchev–Trinajstić information content (AvgIpc) is 2.17. The summed E-state index contributed by atoms with van der Waals surface area (Å²) in [7, 11) is 0. The number of benzene rings is 1. The van der Waals surface area contributed by atoms with Crippen LogP contribution in [0.2, 0.25) is 0 Å². The minimum absolute atomic E-state index is 0.276. The van der Waals surface area contributed by atoms with Crippen LogP contribution in [0.25, 0.3) is 0 Å². The summed E-state index contributed by atoms with van der Waals surface area (Å²) in [5.41, 5.74) is 1.63. The van der Waals surface area contributed by atoms with Gasteiger partial charge in [-0.05, 0) is 36.1 Å². The number of phenols is 1. The highest BCUT2D eigenvalue weighted by Gasteiger charge is 2.51. The third kappa shape index (κ3) is 0.845. The van der Waals surface area contributed by atoms with Crippen molar-refractivity contribution in [1.82, 2.24) is 0 Å². The molecule has 0 amide bonds. The second kappa shape index (κ2) is 2.51. The van der Waals surface area contributed by atoms with E-state index in [1.54, 1.807) is 12.1 Å². The van der Waals surface area contributed by atoms with Crippen LogP contribution in [0.5, 0.6) is 5.75 Å². The van der Waals surface area contributed by atoms with E-state index < -0.39 is 5.60 Å². The van der Waals surface area contributed by atoms with E-state index in [-0.39, 0.29) is 5.92 Å². The number of phenolic OH excluding ortho intramolecular Hbond substituents is 1. The maximum atomic E-state index is 10.4. The Morgan fingerprint density at radius 2 is 2.14 bits per heavy atom. The lowest BCUT2D eigenvalue weighted by atomic mass is 9.58. The second-order valence-corrected chi connectivity index (χ2v) is 4.49. The lowest BCUT2D eigenvalue weighted by Gasteiger charge is -2.50. The molecule has 0 radical (unpaired) electrons. The Hall–Kier alpha value is -1.02. The highest BCUT2D eigenvalue weighted by atomic mass is 16.3. The molecule has 1 fully saturated rings. The zero-order valence-corrected chi connectivity index (χ0v) is 8.03. The summed E-state index contributed by atoms with van der Waals surface area (Å²) >= 11 is 0. The van der Waals surface area contributed by atoms with E-state index in [1.807, 2.05) is 6.07 Å². The minimum atomic E-state index is -0.568. The van der Waals surface area contributed by atoms with Crippen LogP contribution in [0.3, 0.4) is 0 Å². The van der Waals surface area contributed by atoms with E-state index in [4.69, 9.17) is 0 Å². The van der Waals surface area contributed by atoms with Crippen LogP contribution in [-0.4, -0.2) is 10.2 Å². The fourth-order valence-electron chi connectivity index (χ4n) is 3.05. The molecule has 2 atom stereocenters. The molecule has 74 valence electrons. The molecule has 0 bridgehead atoms. The molecule has 1 aromatic carbocycles. The van der Waals surface area contributed by atoms with Gasteiger partial charge in [0.25, 0.3) is 0 Å². The van der Waals surface area contributed by atoms with Gasteiger partial charge in [-0.3, -0.25) is 0 Å². The van der Waals surface area contributed by atoms with Crippen LogP contribution in [-0.2, 0) is 5.60 Å². The van der Waals surface area contributed by atoms with Crippen molar-refractivity contribution in [2.45, 2.75) is 37.2 Å². The smallest absolute Gasteiger partial charge is 0.115 e. The van der Waals surface area contributed by atoms with Crippen LogP contribution in [0, 0.1) is 0 Å². The molecule has 0 heterocycles. The van der Waals surface area contributed by atoms with Crippen molar-refractivity contribution in [3.8, 4) is 5.75 Å². The SMILES string of the molecule is Oc1ccc2c(c1)[C@@H]1CCCC[C@]21O. The topological polar surface area (TPSA) is 40.5 Å². The van der Waals surface area contributed by atoms with E-state index in [2.05, 4.69) is 0 Å². The molecular formula is C12H14O2. The van der Waals surface area contributed by atoms with Gasteiger partial charge in [-0.15, -0.1) is 0 Å². The van der Waals surface area contributed by atoms with Crippen molar-refractivity contribution in [3.63, 3.8) is 0 Å². The fraction of sp³-hybridized carbons (Fsp3) is 0.500. The van der Waals surface area contributed by atoms with Crippen LogP contribution in [0.4, 0.5) is 0 Å². The predicted molar refractivity (Wildman–Crippen MR) is 53.2 cm³/mol. The Balaban J connectivity index is 2.11. The molecule has 0 aromatic heterocycles. The van der Waals surface area contributed by atoms with Gasteiger partial charge in [-0.25, -0.2) is 0 Å². The molecule has 3 rings (SSSR count). The van der Waals surface area contributed by atoms with Crippen molar-refractivity contribution in [2.24, 2.45) is 0 Å². The van der Waals surface area contributed by atoms with Gasteiger partial charge >= 0.3 is 0 Å². The largest absolute Gasteiger partial charge is 0.508 e. The van der Waals surface area contributed by atoms with Gasteiger partial charge in [0.2, 0.25) is 0 Å². The molecule has 0 spiro atoms. The summed E-state index contributed by atoms with van der Waals surface area (Å²) in [4.78, 5) is 0. The zero-order valence-electron chi connectivity index (χ0n) is 8.03. The normalized spacial score (nSPS) is 34.2. The number of hydrogen-bond donors (Lipinski definition) is 2. The molecule has 1 saturated carbocycles. The van der Waals surface area contributed by atoms with Gasteiger partial charge in [0.05, 0.1) is 5.60 Å². The molecular weight excluding hydrogens is 176 g/mol. The van der Waals surface area contributed by atoms with Crippen molar-refractivity contribution in [2.75, 3.05) is 0 Å². The van der Waals surface area contributed by atoms with E-state index in [9.17, 15) is 10.2 Å². The Labute approximate surface area is 83.2 Å². The Bertz CT molecular complexity index is 386. The lowest BCUT2D eigenvalue weighted by Crippen LogP contribution is -2.45. The molecule has 2 aliphatic rings. The van der Waals surface area contributed by atoms with Crippen molar-refractivity contribution in [3.05, 3.63) is 29.3 Å². The Morgan fingerprint density at radius 3 is 3.00 bits per heavy atom. The number of rotatable bonds is 0. The standard InChI is InChI=1S/C12H14O2/c13-8-4-5-11-9(7-8)10-3-1-2-6-12(10,11)14/h4-5,7,10,13-14H,1-3,6H2/t10-,12+/m0/s1. The highest BCUT2D eigenvalue weighted by Crippen LogP contribution is 2.57. The first-order valence-corrected chi connectivity index (χ1v) is 5.27. The number of fused-ring (bicyclic) bond motifs is 4. The Morgan fingerprint density at radius 1 is 1.29 bits per heavy atom. The monoisotopic (exact) mass is 190 g/mol. The summed E-state index contributed by atoms with van der Waals surface area (Å²) < 4.78 is 0. The molecule has 0 aliphatic heterocycles. The van der Waals surface area contributed by atoms with Crippen molar-refractivity contribution < 1.29 is 10.2 Å². The predicted octanol–water partition coefficient (Wildman–Crippen LogP) is 2.25. The van der Waals surface area contributed by atoms with Crippen LogP contribution >= 0.6 is 0 Å². The first-order valence-electron chi connectivity index (χ1n) is 5.27. The van der Waals surface area contributed by atoms with Crippen molar-refractivity contribution in [1.29, 1.82) is 0 Å². The molecule has 2 N–H and O–H groups in total. The lowest BCUT2D eigenvalue weighted by molar-refractivity contribution is -0.0494. The van der Waals surface area contributed by atoms with Crippen molar-refractivity contribution >= 4 is 0 Å². The minimum Gasteiger partial charge on any atom is -0.508 e. The van der Waals surface area contributed by atoms with Crippen LogP contribution < -0.4 is 0 Å². The molecule has 2 aliphatic carbocycles. The average molecular weight is 190 g/mol. The first kappa shape index (κ1) is 8.30. The molecule has 14 heavy (non-hydrogen) atoms. The summed E-state index contributed by atoms with van der Waals surface area (Å²) in [5, 5.41) is 19.8. The fourth-order valence-corrected chi connectivity index (χ4v) is 3.05. The first-order chi connectivity index (χ1) is 6.72. The van der Waals surface area contributed by atoms with Gasteiger partial charge in [0, 0.05) is 5.92 Å². The molecule has 1 aromatic rings. The van der Waals surface area contributed by atoms with Gasteiger partial charge in [0.15, 0.2) is 0 Å². The number of hydrogen-bond acceptors (Lipinski definition) is 2. The van der Waals surface area contributed by atoms with Gasteiger partial charge in [-0.2, -0.15) is 0 Å². The van der Waals surface area contributed by atoms with E-state index in [0.717, 1.165) is 30.4 Å². The van der Waals surface area contributed by atoms with Crippen LogP contribution in [0.1, 0.15) is 42.7 Å². The number of aliphatic hydroxyl groups is 1. The third-order valence-corrected chi connectivity index (χ3v) is 3.75. The van der Waals surface area contributed by atoms with Gasteiger partial charge in [0.1, 0.15) is 5.75 Å². The molecule has 2 nitrogen and oxygen atoms in total.